The first-order valence-electron chi connectivity index (χ1n) is 12.4. The molecule has 0 spiro atoms. The standard InChI is InChI=1S/C25H29N7O3/c1-2-21(32-5-4-26-22(32)3-1)24-27-20-14-19(17-29-15-18(16-29)30-6-10-33-11-7-30)35-23(20)25(28-24)31-8-12-34-13-9-31/h1-5,14,18H,6-13,15-17H2. The van der Waals surface area contributed by atoms with E-state index in [2.05, 4.69) is 25.8 Å². The minimum atomic E-state index is 0.620. The number of imidazole rings is 1. The van der Waals surface area contributed by atoms with E-state index >= 15 is 0 Å². The summed E-state index contributed by atoms with van der Waals surface area (Å²) in [5.41, 5.74) is 3.39. The number of rotatable bonds is 5. The highest BCUT2D eigenvalue weighted by molar-refractivity contribution is 5.86. The molecular weight excluding hydrogens is 446 g/mol. The summed E-state index contributed by atoms with van der Waals surface area (Å²) in [5, 5.41) is 0. The van der Waals surface area contributed by atoms with Gasteiger partial charge in [-0.2, -0.15) is 0 Å². The van der Waals surface area contributed by atoms with Crippen LogP contribution in [0.2, 0.25) is 0 Å². The number of nitrogens with zero attached hydrogens (tertiary/aromatic N) is 7. The lowest BCUT2D eigenvalue weighted by molar-refractivity contribution is -0.0358. The van der Waals surface area contributed by atoms with Crippen LogP contribution in [-0.4, -0.2) is 101 Å². The predicted octanol–water partition coefficient (Wildman–Crippen LogP) is 1.89. The second kappa shape index (κ2) is 8.87. The molecule has 0 bridgehead atoms. The molecule has 7 rings (SSSR count). The summed E-state index contributed by atoms with van der Waals surface area (Å²) in [4.78, 5) is 21.6. The maximum Gasteiger partial charge on any atom is 0.195 e. The van der Waals surface area contributed by atoms with Crippen molar-refractivity contribution in [3.05, 3.63) is 42.4 Å². The third-order valence-corrected chi connectivity index (χ3v) is 7.25. The van der Waals surface area contributed by atoms with Crippen molar-refractivity contribution in [2.45, 2.75) is 12.6 Å². The Hall–Kier alpha value is -3.05. The first-order valence-corrected chi connectivity index (χ1v) is 12.4. The van der Waals surface area contributed by atoms with Gasteiger partial charge >= 0.3 is 0 Å². The number of pyridine rings is 1. The molecule has 7 heterocycles. The van der Waals surface area contributed by atoms with Crippen LogP contribution in [0.1, 0.15) is 5.76 Å². The molecule has 0 atom stereocenters. The van der Waals surface area contributed by atoms with Gasteiger partial charge in [0.15, 0.2) is 17.2 Å². The fraction of sp³-hybridized carbons (Fsp3) is 0.480. The van der Waals surface area contributed by atoms with E-state index in [1.54, 1.807) is 6.20 Å². The zero-order chi connectivity index (χ0) is 23.2. The number of likely N-dealkylation sites (tertiary alicyclic amines) is 1. The van der Waals surface area contributed by atoms with Crippen LogP contribution < -0.4 is 4.90 Å². The lowest BCUT2D eigenvalue weighted by Crippen LogP contribution is -2.60. The molecule has 4 aromatic heterocycles. The molecule has 3 fully saturated rings. The first kappa shape index (κ1) is 21.3. The minimum absolute atomic E-state index is 0.620. The number of fused-ring (bicyclic) bond motifs is 2. The molecule has 0 radical (unpaired) electrons. The van der Waals surface area contributed by atoms with E-state index in [1.165, 1.54) is 0 Å². The summed E-state index contributed by atoms with van der Waals surface area (Å²) in [6.07, 6.45) is 3.75. The van der Waals surface area contributed by atoms with Crippen LogP contribution in [-0.2, 0) is 16.0 Å². The van der Waals surface area contributed by atoms with Crippen LogP contribution in [0.3, 0.4) is 0 Å². The second-order valence-electron chi connectivity index (χ2n) is 9.46. The molecule has 0 aliphatic carbocycles. The van der Waals surface area contributed by atoms with Gasteiger partial charge in [-0.3, -0.25) is 14.2 Å². The summed E-state index contributed by atoms with van der Waals surface area (Å²) >= 11 is 0. The molecule has 4 aromatic rings. The zero-order valence-corrected chi connectivity index (χ0v) is 19.7. The van der Waals surface area contributed by atoms with Crippen molar-refractivity contribution >= 4 is 22.6 Å². The van der Waals surface area contributed by atoms with Crippen LogP contribution >= 0.6 is 0 Å². The molecule has 3 saturated heterocycles. The van der Waals surface area contributed by atoms with Gasteiger partial charge in [0.1, 0.15) is 16.9 Å². The van der Waals surface area contributed by atoms with E-state index in [0.29, 0.717) is 25.1 Å². The summed E-state index contributed by atoms with van der Waals surface area (Å²) in [7, 11) is 0. The Labute approximate surface area is 203 Å². The summed E-state index contributed by atoms with van der Waals surface area (Å²) < 4.78 is 19.5. The summed E-state index contributed by atoms with van der Waals surface area (Å²) in [6, 6.07) is 8.72. The van der Waals surface area contributed by atoms with Crippen LogP contribution in [0.15, 0.2) is 41.1 Å². The normalized spacial score (nSPS) is 20.6. The molecule has 0 amide bonds. The van der Waals surface area contributed by atoms with Crippen molar-refractivity contribution < 1.29 is 13.9 Å². The average molecular weight is 476 g/mol. The van der Waals surface area contributed by atoms with Gasteiger partial charge in [0.05, 0.1) is 38.7 Å². The van der Waals surface area contributed by atoms with Gasteiger partial charge in [-0.05, 0) is 12.1 Å². The molecule has 3 aliphatic rings. The van der Waals surface area contributed by atoms with Crippen molar-refractivity contribution in [2.24, 2.45) is 0 Å². The van der Waals surface area contributed by atoms with Gasteiger partial charge < -0.3 is 18.8 Å². The highest BCUT2D eigenvalue weighted by atomic mass is 16.5. The van der Waals surface area contributed by atoms with Gasteiger partial charge in [-0.15, -0.1) is 0 Å². The van der Waals surface area contributed by atoms with Gasteiger partial charge in [0.25, 0.3) is 0 Å². The van der Waals surface area contributed by atoms with Crippen LogP contribution in [0, 0.1) is 0 Å². The topological polar surface area (TPSA) is 84.4 Å². The van der Waals surface area contributed by atoms with E-state index in [9.17, 15) is 0 Å². The second-order valence-corrected chi connectivity index (χ2v) is 9.46. The quantitative estimate of drug-likeness (QED) is 0.430. The zero-order valence-electron chi connectivity index (χ0n) is 19.7. The first-order chi connectivity index (χ1) is 17.3. The smallest absolute Gasteiger partial charge is 0.195 e. The Morgan fingerprint density at radius 2 is 1.74 bits per heavy atom. The molecule has 0 aromatic carbocycles. The van der Waals surface area contributed by atoms with Crippen LogP contribution in [0.25, 0.3) is 28.3 Å². The van der Waals surface area contributed by atoms with E-state index in [1.807, 2.05) is 28.8 Å². The van der Waals surface area contributed by atoms with Crippen molar-refractivity contribution in [2.75, 3.05) is 70.6 Å². The molecule has 35 heavy (non-hydrogen) atoms. The van der Waals surface area contributed by atoms with E-state index in [4.69, 9.17) is 23.9 Å². The molecule has 10 heteroatoms. The number of aromatic nitrogens is 4. The molecular formula is C25H29N7O3. The lowest BCUT2D eigenvalue weighted by Gasteiger charge is -2.46. The number of hydrogen-bond donors (Lipinski definition) is 0. The molecule has 182 valence electrons. The Balaban J connectivity index is 1.20. The maximum atomic E-state index is 6.40. The summed E-state index contributed by atoms with van der Waals surface area (Å²) in [5.74, 6) is 2.44. The summed E-state index contributed by atoms with van der Waals surface area (Å²) in [6.45, 7) is 9.60. The van der Waals surface area contributed by atoms with Gasteiger partial charge in [0.2, 0.25) is 0 Å². The number of furan rings is 1. The molecule has 0 unspecified atom stereocenters. The highest BCUT2D eigenvalue weighted by Gasteiger charge is 2.33. The van der Waals surface area contributed by atoms with Gasteiger partial charge in [0, 0.05) is 63.8 Å². The Morgan fingerprint density at radius 1 is 0.943 bits per heavy atom. The van der Waals surface area contributed by atoms with Crippen molar-refractivity contribution in [1.82, 2.24) is 29.2 Å². The van der Waals surface area contributed by atoms with Gasteiger partial charge in [-0.1, -0.05) is 6.07 Å². The van der Waals surface area contributed by atoms with E-state index in [0.717, 1.165) is 93.0 Å². The number of hydrogen-bond acceptors (Lipinski definition) is 9. The Morgan fingerprint density at radius 3 is 2.57 bits per heavy atom. The predicted molar refractivity (Wildman–Crippen MR) is 130 cm³/mol. The Kier molecular flexibility index (Phi) is 5.38. The van der Waals surface area contributed by atoms with Crippen LogP contribution in [0.4, 0.5) is 5.82 Å². The van der Waals surface area contributed by atoms with E-state index < -0.39 is 0 Å². The monoisotopic (exact) mass is 475 g/mol. The number of anilines is 1. The van der Waals surface area contributed by atoms with Crippen molar-refractivity contribution in [1.29, 1.82) is 0 Å². The molecule has 3 aliphatic heterocycles. The minimum Gasteiger partial charge on any atom is -0.454 e. The third kappa shape index (κ3) is 3.96. The molecule has 10 nitrogen and oxygen atoms in total. The van der Waals surface area contributed by atoms with Gasteiger partial charge in [-0.25, -0.2) is 15.0 Å². The molecule has 0 N–H and O–H groups in total. The maximum absolute atomic E-state index is 6.40. The van der Waals surface area contributed by atoms with E-state index in [-0.39, 0.29) is 0 Å². The lowest BCUT2D eigenvalue weighted by atomic mass is 10.1. The van der Waals surface area contributed by atoms with Crippen molar-refractivity contribution in [3.8, 4) is 11.5 Å². The SMILES string of the molecule is c1cc(-c2nc(N3CCOCC3)c3oc(CN4CC(N5CCOCC5)C4)cc3n2)n2ccnc2c1. The Bertz CT molecular complexity index is 1330. The number of morpholine rings is 2. The highest BCUT2D eigenvalue weighted by Crippen LogP contribution is 2.32. The average Bonchev–Trinajstić information content (AvgIpc) is 3.53. The largest absolute Gasteiger partial charge is 0.454 e. The third-order valence-electron chi connectivity index (χ3n) is 7.25. The van der Waals surface area contributed by atoms with Crippen LogP contribution in [0.5, 0.6) is 0 Å². The van der Waals surface area contributed by atoms with Crippen molar-refractivity contribution in [3.63, 3.8) is 0 Å². The fourth-order valence-corrected chi connectivity index (χ4v) is 5.34. The fourth-order valence-electron chi connectivity index (χ4n) is 5.34. The number of ether oxygens (including phenoxy) is 2. The molecule has 0 saturated carbocycles.